The monoisotopic (exact) mass is 446 g/mol. The maximum absolute atomic E-state index is 12.9. The van der Waals surface area contributed by atoms with Crippen LogP contribution in [0.4, 0.5) is 5.82 Å². The van der Waals surface area contributed by atoms with E-state index in [1.807, 2.05) is 29.1 Å². The van der Waals surface area contributed by atoms with Crippen LogP contribution in [-0.4, -0.2) is 56.7 Å². The van der Waals surface area contributed by atoms with E-state index in [-0.39, 0.29) is 11.8 Å². The number of hydrogen-bond donors (Lipinski definition) is 0. The Hall–Kier alpha value is -2.96. The molecule has 33 heavy (non-hydrogen) atoms. The van der Waals surface area contributed by atoms with Gasteiger partial charge in [0.25, 0.3) is 0 Å². The van der Waals surface area contributed by atoms with Crippen molar-refractivity contribution in [1.82, 2.24) is 24.6 Å². The van der Waals surface area contributed by atoms with Gasteiger partial charge in [-0.25, -0.2) is 14.6 Å². The van der Waals surface area contributed by atoms with Crippen LogP contribution in [0.25, 0.3) is 16.7 Å². The molecule has 2 aromatic heterocycles. The molecule has 1 aliphatic carbocycles. The SMILES string of the molecule is CCC[C@@H](C)c1nc(N2CCN(C(=O)C3CCCC3)CC2)c2cnn(-c3ccccc3)c2n1. The quantitative estimate of drug-likeness (QED) is 0.555. The molecule has 1 saturated carbocycles. The lowest BCUT2D eigenvalue weighted by Gasteiger charge is -2.37. The van der Waals surface area contributed by atoms with Crippen LogP contribution in [0, 0.1) is 5.92 Å². The summed E-state index contributed by atoms with van der Waals surface area (Å²) in [5.41, 5.74) is 1.85. The third-order valence-corrected chi connectivity index (χ3v) is 7.18. The summed E-state index contributed by atoms with van der Waals surface area (Å²) >= 11 is 0. The van der Waals surface area contributed by atoms with Crippen molar-refractivity contribution in [3.05, 3.63) is 42.4 Å². The first-order valence-electron chi connectivity index (χ1n) is 12.5. The number of para-hydroxylation sites is 1. The van der Waals surface area contributed by atoms with Gasteiger partial charge in [0.15, 0.2) is 5.65 Å². The largest absolute Gasteiger partial charge is 0.352 e. The van der Waals surface area contributed by atoms with Gasteiger partial charge in [-0.2, -0.15) is 5.10 Å². The van der Waals surface area contributed by atoms with Gasteiger partial charge < -0.3 is 9.80 Å². The van der Waals surface area contributed by atoms with Crippen molar-refractivity contribution in [1.29, 1.82) is 0 Å². The summed E-state index contributed by atoms with van der Waals surface area (Å²) in [5.74, 6) is 2.71. The van der Waals surface area contributed by atoms with Gasteiger partial charge in [-0.1, -0.05) is 51.3 Å². The molecule has 1 aromatic carbocycles. The Morgan fingerprint density at radius 3 is 2.48 bits per heavy atom. The molecule has 0 N–H and O–H groups in total. The summed E-state index contributed by atoms with van der Waals surface area (Å²) in [6, 6.07) is 10.2. The standard InChI is InChI=1S/C26H34N6O/c1-3-9-19(2)23-28-24(22-18-27-32(25(22)29-23)21-12-5-4-6-13-21)30-14-16-31(17-15-30)26(33)20-10-7-8-11-20/h4-6,12-13,18-20H,3,7-11,14-17H2,1-2H3/t19-/m1/s1. The van der Waals surface area contributed by atoms with Gasteiger partial charge in [0.2, 0.25) is 5.91 Å². The Kier molecular flexibility index (Phi) is 6.29. The molecule has 174 valence electrons. The third kappa shape index (κ3) is 4.33. The molecule has 1 amide bonds. The van der Waals surface area contributed by atoms with E-state index in [4.69, 9.17) is 9.97 Å². The van der Waals surface area contributed by atoms with E-state index in [0.29, 0.717) is 5.91 Å². The maximum atomic E-state index is 12.9. The summed E-state index contributed by atoms with van der Waals surface area (Å²) in [6.45, 7) is 7.51. The minimum atomic E-state index is 0.243. The molecule has 1 aliphatic heterocycles. The molecular formula is C26H34N6O. The average Bonchev–Trinajstić information content (AvgIpc) is 3.54. The molecule has 1 atom stereocenters. The molecule has 0 bridgehead atoms. The van der Waals surface area contributed by atoms with Gasteiger partial charge >= 0.3 is 0 Å². The minimum absolute atomic E-state index is 0.243. The molecule has 0 radical (unpaired) electrons. The number of benzene rings is 1. The van der Waals surface area contributed by atoms with Crippen molar-refractivity contribution in [3.8, 4) is 5.69 Å². The second kappa shape index (κ2) is 9.49. The van der Waals surface area contributed by atoms with E-state index < -0.39 is 0 Å². The molecule has 7 heteroatoms. The smallest absolute Gasteiger partial charge is 0.225 e. The number of carbonyl (C=O) groups is 1. The summed E-state index contributed by atoms with van der Waals surface area (Å²) in [6.07, 6.45) is 8.54. The van der Waals surface area contributed by atoms with E-state index in [0.717, 1.165) is 80.2 Å². The van der Waals surface area contributed by atoms with E-state index in [1.165, 1.54) is 12.8 Å². The molecule has 3 aromatic rings. The highest BCUT2D eigenvalue weighted by Crippen LogP contribution is 2.31. The second-order valence-electron chi connectivity index (χ2n) is 9.52. The number of hydrogen-bond acceptors (Lipinski definition) is 5. The Balaban J connectivity index is 1.46. The van der Waals surface area contributed by atoms with Crippen LogP contribution in [0.2, 0.25) is 0 Å². The number of nitrogens with zero attached hydrogens (tertiary/aromatic N) is 6. The average molecular weight is 447 g/mol. The summed E-state index contributed by atoms with van der Waals surface area (Å²) < 4.78 is 1.92. The highest BCUT2D eigenvalue weighted by atomic mass is 16.2. The predicted octanol–water partition coefficient (Wildman–Crippen LogP) is 4.56. The summed E-state index contributed by atoms with van der Waals surface area (Å²) in [7, 11) is 0. The first-order chi connectivity index (χ1) is 16.2. The molecule has 2 fully saturated rings. The van der Waals surface area contributed by atoms with Gasteiger partial charge in [-0.15, -0.1) is 0 Å². The topological polar surface area (TPSA) is 67.2 Å². The van der Waals surface area contributed by atoms with Crippen LogP contribution >= 0.6 is 0 Å². The molecule has 0 spiro atoms. The van der Waals surface area contributed by atoms with Gasteiger partial charge in [0, 0.05) is 38.0 Å². The van der Waals surface area contributed by atoms with Gasteiger partial charge in [-0.05, 0) is 31.4 Å². The molecule has 3 heterocycles. The van der Waals surface area contributed by atoms with Crippen molar-refractivity contribution in [3.63, 3.8) is 0 Å². The first-order valence-corrected chi connectivity index (χ1v) is 12.5. The van der Waals surface area contributed by atoms with Gasteiger partial charge in [0.05, 0.1) is 17.3 Å². The zero-order valence-corrected chi connectivity index (χ0v) is 19.8. The number of piperazine rings is 1. The number of carbonyl (C=O) groups excluding carboxylic acids is 1. The first kappa shape index (κ1) is 21.9. The number of aromatic nitrogens is 4. The maximum Gasteiger partial charge on any atom is 0.225 e. The highest BCUT2D eigenvalue weighted by Gasteiger charge is 2.30. The summed E-state index contributed by atoms with van der Waals surface area (Å²) in [5, 5.41) is 5.66. The highest BCUT2D eigenvalue weighted by molar-refractivity contribution is 5.88. The zero-order chi connectivity index (χ0) is 22.8. The molecular weight excluding hydrogens is 412 g/mol. The van der Waals surface area contributed by atoms with E-state index in [1.54, 1.807) is 0 Å². The minimum Gasteiger partial charge on any atom is -0.352 e. The van der Waals surface area contributed by atoms with E-state index >= 15 is 0 Å². The van der Waals surface area contributed by atoms with Crippen molar-refractivity contribution in [2.75, 3.05) is 31.1 Å². The van der Waals surface area contributed by atoms with Crippen LogP contribution in [-0.2, 0) is 4.79 Å². The van der Waals surface area contributed by atoms with E-state index in [9.17, 15) is 4.79 Å². The van der Waals surface area contributed by atoms with Crippen LogP contribution in [0.15, 0.2) is 36.5 Å². The molecule has 0 unspecified atom stereocenters. The van der Waals surface area contributed by atoms with Crippen LogP contribution in [0.1, 0.15) is 64.1 Å². The number of rotatable bonds is 6. The van der Waals surface area contributed by atoms with Gasteiger partial charge in [0.1, 0.15) is 11.6 Å². The van der Waals surface area contributed by atoms with Crippen LogP contribution in [0.5, 0.6) is 0 Å². The molecule has 1 saturated heterocycles. The number of amides is 1. The van der Waals surface area contributed by atoms with Crippen molar-refractivity contribution < 1.29 is 4.79 Å². The number of fused-ring (bicyclic) bond motifs is 1. The lowest BCUT2D eigenvalue weighted by Crippen LogP contribution is -2.50. The Bertz CT molecular complexity index is 1100. The predicted molar refractivity (Wildman–Crippen MR) is 131 cm³/mol. The van der Waals surface area contributed by atoms with Gasteiger partial charge in [-0.3, -0.25) is 4.79 Å². The van der Waals surface area contributed by atoms with Crippen LogP contribution < -0.4 is 4.90 Å². The van der Waals surface area contributed by atoms with Crippen molar-refractivity contribution in [2.24, 2.45) is 5.92 Å². The zero-order valence-electron chi connectivity index (χ0n) is 19.8. The van der Waals surface area contributed by atoms with E-state index in [2.05, 4.69) is 40.9 Å². The Labute approximate surface area is 195 Å². The Morgan fingerprint density at radius 2 is 1.79 bits per heavy atom. The second-order valence-corrected chi connectivity index (χ2v) is 9.52. The summed E-state index contributed by atoms with van der Waals surface area (Å²) in [4.78, 5) is 27.3. The fourth-order valence-electron chi connectivity index (χ4n) is 5.26. The molecule has 2 aliphatic rings. The fourth-order valence-corrected chi connectivity index (χ4v) is 5.26. The van der Waals surface area contributed by atoms with Crippen molar-refractivity contribution >= 4 is 22.8 Å². The molecule has 5 rings (SSSR count). The number of anilines is 1. The molecule has 7 nitrogen and oxygen atoms in total. The lowest BCUT2D eigenvalue weighted by atomic mass is 10.1. The third-order valence-electron chi connectivity index (χ3n) is 7.18. The lowest BCUT2D eigenvalue weighted by molar-refractivity contribution is -0.135. The normalized spacial score (nSPS) is 18.2. The van der Waals surface area contributed by atoms with Crippen molar-refractivity contribution in [2.45, 2.75) is 58.3 Å². The Morgan fingerprint density at radius 1 is 1.06 bits per heavy atom. The fraction of sp³-hybridized carbons (Fsp3) is 0.538. The van der Waals surface area contributed by atoms with Crippen LogP contribution in [0.3, 0.4) is 0 Å².